The molecule has 0 aromatic heterocycles. The summed E-state index contributed by atoms with van der Waals surface area (Å²) in [5.41, 5.74) is 6.29. The van der Waals surface area contributed by atoms with Crippen molar-refractivity contribution in [3.63, 3.8) is 0 Å². The summed E-state index contributed by atoms with van der Waals surface area (Å²) in [6, 6.07) is 14.8. The van der Waals surface area contributed by atoms with Gasteiger partial charge in [-0.2, -0.15) is 0 Å². The third-order valence-electron chi connectivity index (χ3n) is 3.00. The molecule has 2 rings (SSSR count). The van der Waals surface area contributed by atoms with Crippen molar-refractivity contribution < 1.29 is 14.0 Å². The van der Waals surface area contributed by atoms with E-state index < -0.39 is 17.6 Å². The lowest BCUT2D eigenvalue weighted by molar-refractivity contribution is -0.120. The number of hydrogen-bond acceptors (Lipinski definition) is 3. The van der Waals surface area contributed by atoms with E-state index in [0.717, 1.165) is 5.56 Å². The fourth-order valence-electron chi connectivity index (χ4n) is 1.80. The summed E-state index contributed by atoms with van der Waals surface area (Å²) in [5, 5.41) is 2.34. The summed E-state index contributed by atoms with van der Waals surface area (Å²) in [6.07, 6.45) is 0. The van der Waals surface area contributed by atoms with Gasteiger partial charge in [0.15, 0.2) is 0 Å². The lowest BCUT2D eigenvalue weighted by Gasteiger charge is -2.11. The predicted octanol–water partition coefficient (Wildman–Crippen LogP) is 1.85. The summed E-state index contributed by atoms with van der Waals surface area (Å²) in [4.78, 5) is 23.4. The molecule has 3 N–H and O–H groups in total. The van der Waals surface area contributed by atoms with Gasteiger partial charge in [0.1, 0.15) is 5.82 Å². The molecule has 0 spiro atoms. The summed E-state index contributed by atoms with van der Waals surface area (Å²) < 4.78 is 13.4. The quantitative estimate of drug-likeness (QED) is 0.713. The average Bonchev–Trinajstić information content (AvgIpc) is 2.58. The third-order valence-corrected chi connectivity index (χ3v) is 3.00. The second-order valence-electron chi connectivity index (χ2n) is 4.68. The summed E-state index contributed by atoms with van der Waals surface area (Å²) in [6.45, 7) is 3.50. The van der Waals surface area contributed by atoms with Crippen LogP contribution in [-0.4, -0.2) is 18.4 Å². The molecule has 0 saturated carbocycles. The van der Waals surface area contributed by atoms with E-state index in [1.165, 1.54) is 18.2 Å². The second-order valence-corrected chi connectivity index (χ2v) is 4.68. The molecule has 0 fully saturated rings. The van der Waals surface area contributed by atoms with Crippen LogP contribution < -0.4 is 16.2 Å². The highest BCUT2D eigenvalue weighted by Gasteiger charge is 2.11. The minimum Gasteiger partial charge on any atom is -0.343 e. The first-order valence-electron chi connectivity index (χ1n) is 6.90. The maximum atomic E-state index is 13.4. The van der Waals surface area contributed by atoms with E-state index in [4.69, 9.17) is 0 Å². The maximum Gasteiger partial charge on any atom is 0.257 e. The van der Waals surface area contributed by atoms with E-state index in [2.05, 4.69) is 22.7 Å². The van der Waals surface area contributed by atoms with Crippen LogP contribution in [-0.2, 0) is 4.79 Å². The van der Waals surface area contributed by atoms with Gasteiger partial charge in [-0.15, -0.1) is 0 Å². The Hall–Kier alpha value is -3.15. The first-order chi connectivity index (χ1) is 11.1. The smallest absolute Gasteiger partial charge is 0.257 e. The van der Waals surface area contributed by atoms with Crippen LogP contribution in [0, 0.1) is 5.82 Å². The number of nitrogens with one attached hydrogen (secondary N) is 3. The highest BCUT2D eigenvalue weighted by Crippen LogP contribution is 2.07. The van der Waals surface area contributed by atoms with Crippen LogP contribution >= 0.6 is 0 Å². The van der Waals surface area contributed by atoms with Gasteiger partial charge in [0.2, 0.25) is 0 Å². The number of amides is 2. The molecule has 23 heavy (non-hydrogen) atoms. The number of hydrogen-bond donors (Lipinski definition) is 3. The van der Waals surface area contributed by atoms with E-state index >= 15 is 0 Å². The molecule has 0 unspecified atom stereocenters. The van der Waals surface area contributed by atoms with Gasteiger partial charge in [-0.25, -0.2) is 4.39 Å². The van der Waals surface area contributed by atoms with Crippen LogP contribution in [0.1, 0.15) is 15.9 Å². The Kier molecular flexibility index (Phi) is 5.46. The monoisotopic (exact) mass is 313 g/mol. The van der Waals surface area contributed by atoms with Gasteiger partial charge in [0, 0.05) is 0 Å². The molecule has 0 aliphatic heterocycles. The minimum absolute atomic E-state index is 0.109. The normalized spacial score (nSPS) is 9.78. The summed E-state index contributed by atoms with van der Waals surface area (Å²) in [5.74, 6) is -1.77. The number of rotatable bonds is 6. The van der Waals surface area contributed by atoms with Crippen LogP contribution in [0.25, 0.3) is 5.70 Å². The van der Waals surface area contributed by atoms with Crippen LogP contribution in [0.5, 0.6) is 0 Å². The fourth-order valence-corrected chi connectivity index (χ4v) is 1.80. The van der Waals surface area contributed by atoms with Crippen molar-refractivity contribution in [2.75, 3.05) is 6.54 Å². The van der Waals surface area contributed by atoms with Gasteiger partial charge < -0.3 is 5.32 Å². The Morgan fingerprint density at radius 1 is 0.957 bits per heavy atom. The number of hydrazine groups is 1. The molecule has 0 heterocycles. The Balaban J connectivity index is 1.78. The van der Waals surface area contributed by atoms with Gasteiger partial charge in [-0.05, 0) is 17.7 Å². The van der Waals surface area contributed by atoms with Gasteiger partial charge >= 0.3 is 0 Å². The van der Waals surface area contributed by atoms with Gasteiger partial charge in [0.25, 0.3) is 11.8 Å². The predicted molar refractivity (Wildman–Crippen MR) is 85.5 cm³/mol. The topological polar surface area (TPSA) is 70.2 Å². The SMILES string of the molecule is C=C(NNC(=O)CNC(=O)c1ccccc1F)c1ccccc1. The average molecular weight is 313 g/mol. The molecule has 2 aromatic rings. The first kappa shape index (κ1) is 16.2. The molecule has 6 heteroatoms. The second kappa shape index (κ2) is 7.74. The number of halogens is 1. The van der Waals surface area contributed by atoms with E-state index in [-0.39, 0.29) is 12.1 Å². The standard InChI is InChI=1S/C17H16FN3O2/c1-12(13-7-3-2-4-8-13)20-21-16(22)11-19-17(23)14-9-5-6-10-15(14)18/h2-10,20H,1,11H2,(H,19,23)(H,21,22). The van der Waals surface area contributed by atoms with Crippen LogP contribution in [0.2, 0.25) is 0 Å². The van der Waals surface area contributed by atoms with Gasteiger partial charge in [-0.3, -0.25) is 20.4 Å². The molecule has 0 bridgehead atoms. The number of carbonyl (C=O) groups excluding carboxylic acids is 2. The fraction of sp³-hybridized carbons (Fsp3) is 0.0588. The lowest BCUT2D eigenvalue weighted by Crippen LogP contribution is -2.43. The molecule has 5 nitrogen and oxygen atoms in total. The van der Waals surface area contributed by atoms with Gasteiger partial charge in [-0.1, -0.05) is 49.0 Å². The molecule has 2 aromatic carbocycles. The Morgan fingerprint density at radius 2 is 1.61 bits per heavy atom. The summed E-state index contributed by atoms with van der Waals surface area (Å²) in [7, 11) is 0. The van der Waals surface area contributed by atoms with Crippen LogP contribution in [0.4, 0.5) is 4.39 Å². The first-order valence-corrected chi connectivity index (χ1v) is 6.90. The summed E-state index contributed by atoms with van der Waals surface area (Å²) >= 11 is 0. The van der Waals surface area contributed by atoms with E-state index in [0.29, 0.717) is 5.70 Å². The largest absolute Gasteiger partial charge is 0.343 e. The molecule has 0 atom stereocenters. The Bertz CT molecular complexity index is 717. The van der Waals surface area contributed by atoms with Crippen molar-refractivity contribution in [2.24, 2.45) is 0 Å². The van der Waals surface area contributed by atoms with Crippen molar-refractivity contribution in [3.8, 4) is 0 Å². The van der Waals surface area contributed by atoms with Crippen molar-refractivity contribution in [3.05, 3.63) is 78.1 Å². The minimum atomic E-state index is -0.653. The number of benzene rings is 2. The maximum absolute atomic E-state index is 13.4. The van der Waals surface area contributed by atoms with Gasteiger partial charge in [0.05, 0.1) is 17.8 Å². The molecular formula is C17H16FN3O2. The van der Waals surface area contributed by atoms with Crippen LogP contribution in [0.15, 0.2) is 61.2 Å². The zero-order chi connectivity index (χ0) is 16.7. The highest BCUT2D eigenvalue weighted by molar-refractivity contribution is 5.96. The van der Waals surface area contributed by atoms with Crippen molar-refractivity contribution in [1.82, 2.24) is 16.2 Å². The molecule has 0 radical (unpaired) electrons. The van der Waals surface area contributed by atoms with Crippen molar-refractivity contribution >= 4 is 17.5 Å². The molecule has 0 saturated heterocycles. The lowest BCUT2D eigenvalue weighted by atomic mass is 10.2. The van der Waals surface area contributed by atoms with E-state index in [1.54, 1.807) is 6.07 Å². The van der Waals surface area contributed by atoms with Crippen molar-refractivity contribution in [1.29, 1.82) is 0 Å². The van der Waals surface area contributed by atoms with E-state index in [1.807, 2.05) is 30.3 Å². The molecule has 118 valence electrons. The van der Waals surface area contributed by atoms with E-state index in [9.17, 15) is 14.0 Å². The Labute approximate surface area is 133 Å². The van der Waals surface area contributed by atoms with Crippen molar-refractivity contribution in [2.45, 2.75) is 0 Å². The molecular weight excluding hydrogens is 297 g/mol. The number of carbonyl (C=O) groups is 2. The molecule has 0 aliphatic carbocycles. The third kappa shape index (κ3) is 4.67. The zero-order valence-corrected chi connectivity index (χ0v) is 12.3. The van der Waals surface area contributed by atoms with Crippen LogP contribution in [0.3, 0.4) is 0 Å². The molecule has 2 amide bonds. The zero-order valence-electron chi connectivity index (χ0n) is 12.3. The molecule has 0 aliphatic rings. The highest BCUT2D eigenvalue weighted by atomic mass is 19.1. The Morgan fingerprint density at radius 3 is 2.30 bits per heavy atom.